The fourth-order valence-electron chi connectivity index (χ4n) is 3.26. The van der Waals surface area contributed by atoms with Crippen molar-refractivity contribution in [3.05, 3.63) is 21.3 Å². The van der Waals surface area contributed by atoms with Crippen LogP contribution >= 0.6 is 22.9 Å². The molecule has 2 atom stereocenters. The topological polar surface area (TPSA) is 6.48 Å². The van der Waals surface area contributed by atoms with Gasteiger partial charge in [-0.3, -0.25) is 9.80 Å². The standard InChI is InChI=1S/C14H21ClN2S/c1-11(13-5-6-14(15)18-13)17-9-8-16-7-3-2-4-12(16)10-17/h5-6,11-12H,2-4,7-10H2,1H3. The van der Waals surface area contributed by atoms with Crippen LogP contribution in [0.4, 0.5) is 0 Å². The SMILES string of the molecule is CC(c1ccc(Cl)s1)N1CCN2CCCCC2C1. The van der Waals surface area contributed by atoms with E-state index in [0.29, 0.717) is 6.04 Å². The van der Waals surface area contributed by atoms with Crippen LogP contribution in [0.5, 0.6) is 0 Å². The molecule has 2 saturated heterocycles. The molecule has 0 aromatic carbocycles. The highest BCUT2D eigenvalue weighted by molar-refractivity contribution is 7.16. The quantitative estimate of drug-likeness (QED) is 0.818. The molecule has 0 radical (unpaired) electrons. The van der Waals surface area contributed by atoms with Gasteiger partial charge in [0.15, 0.2) is 0 Å². The van der Waals surface area contributed by atoms with Crippen LogP contribution in [-0.2, 0) is 0 Å². The zero-order valence-electron chi connectivity index (χ0n) is 10.9. The summed E-state index contributed by atoms with van der Waals surface area (Å²) in [6, 6.07) is 5.52. The van der Waals surface area contributed by atoms with E-state index in [4.69, 9.17) is 11.6 Å². The maximum atomic E-state index is 6.05. The van der Waals surface area contributed by atoms with Crippen LogP contribution in [0.25, 0.3) is 0 Å². The third-order valence-corrected chi connectivity index (χ3v) is 5.82. The molecular weight excluding hydrogens is 264 g/mol. The Morgan fingerprint density at radius 2 is 2.17 bits per heavy atom. The van der Waals surface area contributed by atoms with Crippen molar-refractivity contribution in [3.63, 3.8) is 0 Å². The molecule has 0 aliphatic carbocycles. The lowest BCUT2D eigenvalue weighted by Gasteiger charge is -2.45. The van der Waals surface area contributed by atoms with Gasteiger partial charge in [-0.1, -0.05) is 18.0 Å². The number of thiophene rings is 1. The number of hydrogen-bond donors (Lipinski definition) is 0. The van der Waals surface area contributed by atoms with Crippen molar-refractivity contribution >= 4 is 22.9 Å². The van der Waals surface area contributed by atoms with Gasteiger partial charge in [-0.25, -0.2) is 0 Å². The van der Waals surface area contributed by atoms with E-state index in [9.17, 15) is 0 Å². The Morgan fingerprint density at radius 3 is 2.94 bits per heavy atom. The van der Waals surface area contributed by atoms with Gasteiger partial charge in [0.25, 0.3) is 0 Å². The molecule has 0 saturated carbocycles. The minimum absolute atomic E-state index is 0.520. The number of piperazine rings is 1. The van der Waals surface area contributed by atoms with Gasteiger partial charge < -0.3 is 0 Å². The third kappa shape index (κ3) is 2.60. The summed E-state index contributed by atoms with van der Waals surface area (Å²) in [5.74, 6) is 0. The fourth-order valence-corrected chi connectivity index (χ4v) is 4.41. The van der Waals surface area contributed by atoms with E-state index >= 15 is 0 Å². The molecule has 18 heavy (non-hydrogen) atoms. The Balaban J connectivity index is 1.66. The molecule has 2 aliphatic rings. The zero-order chi connectivity index (χ0) is 12.5. The van der Waals surface area contributed by atoms with Crippen molar-refractivity contribution in [2.24, 2.45) is 0 Å². The molecule has 0 bridgehead atoms. The molecule has 2 fully saturated rings. The normalized spacial score (nSPS) is 28.0. The van der Waals surface area contributed by atoms with E-state index in [1.807, 2.05) is 6.07 Å². The van der Waals surface area contributed by atoms with Gasteiger partial charge in [-0.15, -0.1) is 11.3 Å². The molecule has 1 aromatic rings. The lowest BCUT2D eigenvalue weighted by Crippen LogP contribution is -2.55. The van der Waals surface area contributed by atoms with Gasteiger partial charge in [0.1, 0.15) is 0 Å². The Bertz CT molecular complexity index is 406. The van der Waals surface area contributed by atoms with Gasteiger partial charge in [-0.05, 0) is 38.4 Å². The smallest absolute Gasteiger partial charge is 0.0931 e. The first kappa shape index (κ1) is 12.9. The zero-order valence-corrected chi connectivity index (χ0v) is 12.5. The molecule has 0 amide bonds. The van der Waals surface area contributed by atoms with Crippen molar-refractivity contribution in [1.29, 1.82) is 0 Å². The highest BCUT2D eigenvalue weighted by Crippen LogP contribution is 2.32. The summed E-state index contributed by atoms with van der Waals surface area (Å²) in [6.45, 7) is 7.32. The Hall–Kier alpha value is -0.0900. The largest absolute Gasteiger partial charge is 0.298 e. The number of halogens is 1. The molecule has 4 heteroatoms. The van der Waals surface area contributed by atoms with Gasteiger partial charge >= 0.3 is 0 Å². The van der Waals surface area contributed by atoms with Gasteiger partial charge in [0, 0.05) is 36.6 Å². The van der Waals surface area contributed by atoms with Crippen molar-refractivity contribution in [1.82, 2.24) is 9.80 Å². The van der Waals surface area contributed by atoms with Crippen molar-refractivity contribution in [2.45, 2.75) is 38.3 Å². The maximum Gasteiger partial charge on any atom is 0.0931 e. The second kappa shape index (κ2) is 5.49. The van der Waals surface area contributed by atoms with Crippen LogP contribution in [0.15, 0.2) is 12.1 Å². The molecule has 2 aliphatic heterocycles. The lowest BCUT2D eigenvalue weighted by atomic mass is 9.98. The van der Waals surface area contributed by atoms with Crippen LogP contribution in [0.2, 0.25) is 4.34 Å². The Morgan fingerprint density at radius 1 is 1.28 bits per heavy atom. The summed E-state index contributed by atoms with van der Waals surface area (Å²) in [5, 5.41) is 0. The van der Waals surface area contributed by atoms with Crippen molar-refractivity contribution < 1.29 is 0 Å². The number of rotatable bonds is 2. The fraction of sp³-hybridized carbons (Fsp3) is 0.714. The van der Waals surface area contributed by atoms with Crippen LogP contribution in [-0.4, -0.2) is 42.0 Å². The van der Waals surface area contributed by atoms with E-state index < -0.39 is 0 Å². The summed E-state index contributed by atoms with van der Waals surface area (Å²) in [5.41, 5.74) is 0. The molecule has 3 rings (SSSR count). The number of piperidine rings is 1. The number of hydrogen-bond acceptors (Lipinski definition) is 3. The minimum atomic E-state index is 0.520. The molecule has 2 unspecified atom stereocenters. The monoisotopic (exact) mass is 284 g/mol. The van der Waals surface area contributed by atoms with E-state index in [1.54, 1.807) is 11.3 Å². The van der Waals surface area contributed by atoms with E-state index in [0.717, 1.165) is 10.4 Å². The molecule has 1 aromatic heterocycles. The highest BCUT2D eigenvalue weighted by atomic mass is 35.5. The first-order valence-electron chi connectivity index (χ1n) is 6.97. The summed E-state index contributed by atoms with van der Waals surface area (Å²) in [7, 11) is 0. The third-order valence-electron chi connectivity index (χ3n) is 4.42. The lowest BCUT2D eigenvalue weighted by molar-refractivity contribution is 0.0314. The van der Waals surface area contributed by atoms with E-state index in [2.05, 4.69) is 22.8 Å². The molecule has 0 spiro atoms. The molecule has 100 valence electrons. The first-order chi connectivity index (χ1) is 8.74. The summed E-state index contributed by atoms with van der Waals surface area (Å²) < 4.78 is 0.910. The average molecular weight is 285 g/mol. The molecule has 0 N–H and O–H groups in total. The van der Waals surface area contributed by atoms with Crippen molar-refractivity contribution in [3.8, 4) is 0 Å². The van der Waals surface area contributed by atoms with Gasteiger partial charge in [0.05, 0.1) is 4.34 Å². The summed E-state index contributed by atoms with van der Waals surface area (Å²) >= 11 is 7.77. The van der Waals surface area contributed by atoms with Crippen LogP contribution in [0.1, 0.15) is 37.1 Å². The Kier molecular flexibility index (Phi) is 3.94. The maximum absolute atomic E-state index is 6.05. The van der Waals surface area contributed by atoms with Crippen LogP contribution in [0, 0.1) is 0 Å². The number of fused-ring (bicyclic) bond motifs is 1. The number of nitrogens with zero attached hydrogens (tertiary/aromatic N) is 2. The summed E-state index contributed by atoms with van der Waals surface area (Å²) in [6.07, 6.45) is 4.19. The van der Waals surface area contributed by atoms with Gasteiger partial charge in [0.2, 0.25) is 0 Å². The summed E-state index contributed by atoms with van der Waals surface area (Å²) in [4.78, 5) is 6.73. The highest BCUT2D eigenvalue weighted by Gasteiger charge is 2.31. The van der Waals surface area contributed by atoms with Crippen LogP contribution < -0.4 is 0 Å². The average Bonchev–Trinajstić information content (AvgIpc) is 2.84. The molecule has 2 nitrogen and oxygen atoms in total. The minimum Gasteiger partial charge on any atom is -0.298 e. The predicted octanol–water partition coefficient (Wildman–Crippen LogP) is 3.63. The molecule has 3 heterocycles. The van der Waals surface area contributed by atoms with E-state index in [1.165, 1.54) is 50.3 Å². The second-order valence-electron chi connectivity index (χ2n) is 5.50. The van der Waals surface area contributed by atoms with E-state index in [-0.39, 0.29) is 0 Å². The second-order valence-corrected chi connectivity index (χ2v) is 7.25. The van der Waals surface area contributed by atoms with Crippen molar-refractivity contribution in [2.75, 3.05) is 26.2 Å². The van der Waals surface area contributed by atoms with Gasteiger partial charge in [-0.2, -0.15) is 0 Å². The molecular formula is C14H21ClN2S. The first-order valence-corrected chi connectivity index (χ1v) is 8.17. The predicted molar refractivity (Wildman–Crippen MR) is 78.5 cm³/mol. The Labute approximate surface area is 119 Å². The van der Waals surface area contributed by atoms with Crippen LogP contribution in [0.3, 0.4) is 0 Å².